The van der Waals surface area contributed by atoms with Crippen LogP contribution in [0.3, 0.4) is 0 Å². The van der Waals surface area contributed by atoms with Crippen LogP contribution in [0.5, 0.6) is 0 Å². The molecule has 0 spiro atoms. The quantitative estimate of drug-likeness (QED) is 0.395. The Morgan fingerprint density at radius 2 is 1.43 bits per heavy atom. The Balaban J connectivity index is 0.000000934. The number of benzene rings is 3. The van der Waals surface area contributed by atoms with Gasteiger partial charge in [0, 0.05) is 5.92 Å². The van der Waals surface area contributed by atoms with Crippen LogP contribution in [0.25, 0.3) is 17.2 Å². The predicted octanol–water partition coefficient (Wildman–Crippen LogP) is 0.397. The fourth-order valence-corrected chi connectivity index (χ4v) is 4.72. The fourth-order valence-electron chi connectivity index (χ4n) is 4.72. The van der Waals surface area contributed by atoms with Crippen molar-refractivity contribution in [2.24, 2.45) is 0 Å². The van der Waals surface area contributed by atoms with Crippen molar-refractivity contribution < 1.29 is 51.0 Å². The van der Waals surface area contributed by atoms with E-state index in [1.165, 1.54) is 33.4 Å². The van der Waals surface area contributed by atoms with Crippen molar-refractivity contribution >= 4 is 6.08 Å². The zero-order valence-electron chi connectivity index (χ0n) is 15.9. The minimum atomic E-state index is 0. The van der Waals surface area contributed by atoms with E-state index in [9.17, 15) is 0 Å². The van der Waals surface area contributed by atoms with Gasteiger partial charge in [-0.05, 0) is 58.2 Å². The molecular weight excluding hydrogens is 462 g/mol. The van der Waals surface area contributed by atoms with Crippen molar-refractivity contribution in [2.45, 2.75) is 32.1 Å². The molecule has 0 saturated carbocycles. The van der Waals surface area contributed by atoms with E-state index < -0.39 is 0 Å². The molecule has 0 nitrogen and oxygen atoms in total. The molecule has 0 radical (unpaired) electrons. The first-order valence-electron chi connectivity index (χ1n) is 9.33. The van der Waals surface area contributed by atoms with E-state index in [1.807, 2.05) is 0 Å². The monoisotopic (exact) mass is 482 g/mol. The maximum atomic E-state index is 2.44. The Bertz CT molecular complexity index is 1010. The molecule has 0 N–H and O–H groups in total. The SMILES string of the molecule is CCC(C1=Cc2ccccc2C1)c1cccc2c1Cc1ccccc1-2.[Cl-].[Cl-].[Zr+2]. The largest absolute Gasteiger partial charge is 2.00 e. The molecule has 2 aliphatic rings. The number of rotatable bonds is 3. The smallest absolute Gasteiger partial charge is 1.00 e. The molecule has 3 aromatic carbocycles. The van der Waals surface area contributed by atoms with Gasteiger partial charge < -0.3 is 24.8 Å². The Hall–Kier alpha value is -1.14. The summed E-state index contributed by atoms with van der Waals surface area (Å²) >= 11 is 0. The molecule has 0 saturated heterocycles. The van der Waals surface area contributed by atoms with Gasteiger partial charge in [0.25, 0.3) is 0 Å². The van der Waals surface area contributed by atoms with Gasteiger partial charge in [-0.2, -0.15) is 0 Å². The van der Waals surface area contributed by atoms with E-state index in [0.717, 1.165) is 19.3 Å². The molecule has 0 bridgehead atoms. The third kappa shape index (κ3) is 3.82. The van der Waals surface area contributed by atoms with Crippen LogP contribution in [0.1, 0.15) is 47.1 Å². The topological polar surface area (TPSA) is 0 Å². The normalized spacial score (nSPS) is 13.7. The van der Waals surface area contributed by atoms with Crippen LogP contribution in [-0.4, -0.2) is 0 Å². The molecule has 0 aromatic heterocycles. The summed E-state index contributed by atoms with van der Waals surface area (Å²) in [7, 11) is 0. The van der Waals surface area contributed by atoms with E-state index in [2.05, 4.69) is 79.7 Å². The van der Waals surface area contributed by atoms with Gasteiger partial charge in [-0.3, -0.25) is 0 Å². The van der Waals surface area contributed by atoms with Gasteiger partial charge >= 0.3 is 26.2 Å². The number of fused-ring (bicyclic) bond motifs is 4. The van der Waals surface area contributed by atoms with Gasteiger partial charge in [0.15, 0.2) is 0 Å². The van der Waals surface area contributed by atoms with Gasteiger partial charge in [0.05, 0.1) is 0 Å². The average molecular weight is 485 g/mol. The third-order valence-electron chi connectivity index (χ3n) is 5.91. The van der Waals surface area contributed by atoms with Crippen molar-refractivity contribution in [1.29, 1.82) is 0 Å². The van der Waals surface area contributed by atoms with Crippen LogP contribution in [0, 0.1) is 0 Å². The second-order valence-electron chi connectivity index (χ2n) is 7.26. The van der Waals surface area contributed by atoms with E-state index in [4.69, 9.17) is 0 Å². The van der Waals surface area contributed by atoms with Crippen LogP contribution in [0.2, 0.25) is 0 Å². The van der Waals surface area contributed by atoms with Crippen molar-refractivity contribution in [2.75, 3.05) is 0 Å². The summed E-state index contributed by atoms with van der Waals surface area (Å²) in [6.45, 7) is 2.33. The summed E-state index contributed by atoms with van der Waals surface area (Å²) < 4.78 is 0. The summed E-state index contributed by atoms with van der Waals surface area (Å²) in [4.78, 5) is 0. The van der Waals surface area contributed by atoms with Crippen LogP contribution in [0.15, 0.2) is 72.3 Å². The molecule has 28 heavy (non-hydrogen) atoms. The van der Waals surface area contributed by atoms with Crippen molar-refractivity contribution in [3.05, 3.63) is 100 Å². The summed E-state index contributed by atoms with van der Waals surface area (Å²) in [6, 6.07) is 24.6. The summed E-state index contributed by atoms with van der Waals surface area (Å²) in [5.41, 5.74) is 11.9. The minimum Gasteiger partial charge on any atom is -1.00 e. The zero-order valence-corrected chi connectivity index (χ0v) is 19.9. The fraction of sp³-hybridized carbons (Fsp3) is 0.200. The average Bonchev–Trinajstić information content (AvgIpc) is 3.24. The van der Waals surface area contributed by atoms with Crippen molar-refractivity contribution in [1.82, 2.24) is 0 Å². The van der Waals surface area contributed by atoms with Crippen molar-refractivity contribution in [3.63, 3.8) is 0 Å². The second-order valence-corrected chi connectivity index (χ2v) is 7.26. The Morgan fingerprint density at radius 1 is 0.750 bits per heavy atom. The molecule has 0 fully saturated rings. The maximum Gasteiger partial charge on any atom is 2.00 e. The van der Waals surface area contributed by atoms with Gasteiger partial charge in [-0.15, -0.1) is 0 Å². The van der Waals surface area contributed by atoms with E-state index in [-0.39, 0.29) is 51.0 Å². The first-order valence-corrected chi connectivity index (χ1v) is 9.33. The van der Waals surface area contributed by atoms with E-state index in [1.54, 1.807) is 11.1 Å². The molecule has 2 aliphatic carbocycles. The summed E-state index contributed by atoms with van der Waals surface area (Å²) in [6.07, 6.45) is 5.78. The predicted molar refractivity (Wildman–Crippen MR) is 106 cm³/mol. The molecule has 0 aliphatic heterocycles. The number of halogens is 2. The Kier molecular flexibility index (Phi) is 7.91. The molecule has 0 heterocycles. The molecule has 1 atom stereocenters. The van der Waals surface area contributed by atoms with Gasteiger partial charge in [0.1, 0.15) is 0 Å². The van der Waals surface area contributed by atoms with Gasteiger partial charge in [0.2, 0.25) is 0 Å². The van der Waals surface area contributed by atoms with Crippen LogP contribution in [-0.2, 0) is 39.0 Å². The summed E-state index contributed by atoms with van der Waals surface area (Å²) in [5, 5.41) is 0. The van der Waals surface area contributed by atoms with Crippen LogP contribution < -0.4 is 24.8 Å². The first kappa shape index (κ1) is 23.1. The van der Waals surface area contributed by atoms with E-state index >= 15 is 0 Å². The molecule has 0 amide bonds. The second kappa shape index (κ2) is 9.57. The van der Waals surface area contributed by atoms with Crippen molar-refractivity contribution in [3.8, 4) is 11.1 Å². The van der Waals surface area contributed by atoms with Crippen LogP contribution in [0.4, 0.5) is 0 Å². The standard InChI is InChI=1S/C25H22.2ClH.Zr/c1-2-21(20-14-17-8-3-4-9-18(17)15-20)23-12-7-13-24-22-11-6-5-10-19(22)16-25(23)24;;;/h3-14,21H,2,15-16H2,1H3;2*1H;/q;;;+2/p-2. The first-order chi connectivity index (χ1) is 12.3. The Morgan fingerprint density at radius 3 is 2.18 bits per heavy atom. The molecule has 1 unspecified atom stereocenters. The molecule has 140 valence electrons. The van der Waals surface area contributed by atoms with Crippen LogP contribution >= 0.6 is 0 Å². The summed E-state index contributed by atoms with van der Waals surface area (Å²) in [5.74, 6) is 0.525. The number of allylic oxidation sites excluding steroid dienone is 1. The van der Waals surface area contributed by atoms with Gasteiger partial charge in [-0.25, -0.2) is 0 Å². The minimum absolute atomic E-state index is 0. The third-order valence-corrected chi connectivity index (χ3v) is 5.91. The maximum absolute atomic E-state index is 2.44. The number of hydrogen-bond acceptors (Lipinski definition) is 0. The van der Waals surface area contributed by atoms with Gasteiger partial charge in [-0.1, -0.05) is 85.3 Å². The molecule has 3 heteroatoms. The molecular formula is C25H22Cl2Zr. The zero-order chi connectivity index (χ0) is 16.8. The Labute approximate surface area is 199 Å². The molecule has 3 aromatic rings. The number of hydrogen-bond donors (Lipinski definition) is 0. The van der Waals surface area contributed by atoms with E-state index in [0.29, 0.717) is 5.92 Å². The molecule has 5 rings (SSSR count).